The molecule has 140 valence electrons. The molecule has 1 heterocycles. The smallest absolute Gasteiger partial charge is 0.338 e. The summed E-state index contributed by atoms with van der Waals surface area (Å²) in [6, 6.07) is 17.0. The summed E-state index contributed by atoms with van der Waals surface area (Å²) in [5, 5.41) is 13.5. The predicted octanol–water partition coefficient (Wildman–Crippen LogP) is 3.82. The fourth-order valence-corrected chi connectivity index (χ4v) is 3.33. The van der Waals surface area contributed by atoms with Crippen LogP contribution in [0, 0.1) is 17.1 Å². The molecule has 1 unspecified atom stereocenters. The second kappa shape index (κ2) is 8.93. The Morgan fingerprint density at radius 3 is 2.43 bits per heavy atom. The van der Waals surface area contributed by atoms with Gasteiger partial charge in [-0.25, -0.2) is 9.18 Å². The summed E-state index contributed by atoms with van der Waals surface area (Å²) in [7, 11) is 0. The number of carbonyl (C=O) groups is 2. The fourth-order valence-electron chi connectivity index (χ4n) is 2.53. The number of thiophene rings is 1. The quantitative estimate of drug-likeness (QED) is 0.645. The van der Waals surface area contributed by atoms with Gasteiger partial charge in [-0.2, -0.15) is 5.26 Å². The molecule has 3 aromatic rings. The van der Waals surface area contributed by atoms with Crippen molar-refractivity contribution in [3.8, 4) is 6.07 Å². The van der Waals surface area contributed by atoms with E-state index in [-0.39, 0.29) is 11.4 Å². The van der Waals surface area contributed by atoms with E-state index < -0.39 is 24.5 Å². The Bertz CT molecular complexity index is 994. The number of ether oxygens (including phenoxy) is 1. The summed E-state index contributed by atoms with van der Waals surface area (Å²) in [6.07, 6.45) is 0. The average Bonchev–Trinajstić information content (AvgIpc) is 3.25. The Hall–Kier alpha value is -3.50. The maximum atomic E-state index is 13.2. The Labute approximate surface area is 165 Å². The van der Waals surface area contributed by atoms with Crippen molar-refractivity contribution < 1.29 is 18.7 Å². The highest BCUT2D eigenvalue weighted by atomic mass is 32.1. The molecule has 0 radical (unpaired) electrons. The number of benzene rings is 2. The Kier molecular flexibility index (Phi) is 6.14. The second-order valence-corrected chi connectivity index (χ2v) is 6.81. The third-order valence-corrected chi connectivity index (χ3v) is 4.86. The van der Waals surface area contributed by atoms with Gasteiger partial charge in [-0.15, -0.1) is 11.3 Å². The molecule has 28 heavy (non-hydrogen) atoms. The number of nitrogens with one attached hydrogen (secondary N) is 1. The zero-order chi connectivity index (χ0) is 19.9. The summed E-state index contributed by atoms with van der Waals surface area (Å²) < 4.78 is 18.3. The van der Waals surface area contributed by atoms with E-state index in [4.69, 9.17) is 10.00 Å². The maximum Gasteiger partial charge on any atom is 0.338 e. The minimum Gasteiger partial charge on any atom is -0.452 e. The van der Waals surface area contributed by atoms with Crippen molar-refractivity contribution in [2.24, 2.45) is 0 Å². The van der Waals surface area contributed by atoms with Gasteiger partial charge in [0.05, 0.1) is 23.2 Å². The van der Waals surface area contributed by atoms with Gasteiger partial charge in [0.25, 0.3) is 5.91 Å². The van der Waals surface area contributed by atoms with Gasteiger partial charge < -0.3 is 10.1 Å². The molecule has 7 heteroatoms. The molecule has 0 bridgehead atoms. The molecular formula is C21H15FN2O3S. The number of halogens is 1. The van der Waals surface area contributed by atoms with E-state index >= 15 is 0 Å². The zero-order valence-electron chi connectivity index (χ0n) is 14.6. The van der Waals surface area contributed by atoms with Crippen molar-refractivity contribution in [3.05, 3.63) is 93.4 Å². The highest BCUT2D eigenvalue weighted by molar-refractivity contribution is 7.10. The number of nitriles is 1. The first-order chi connectivity index (χ1) is 13.6. The molecule has 0 saturated heterocycles. The standard InChI is InChI=1S/C21H15FN2O3S/c22-17-9-7-15(8-10-17)20(18-2-1-11-28-18)24-19(25)13-27-21(26)16-5-3-14(12-23)4-6-16/h1-11,20H,13H2,(H,24,25). The van der Waals surface area contributed by atoms with E-state index in [2.05, 4.69) is 5.32 Å². The monoisotopic (exact) mass is 394 g/mol. The molecule has 0 aliphatic carbocycles. The Morgan fingerprint density at radius 2 is 1.82 bits per heavy atom. The first-order valence-corrected chi connectivity index (χ1v) is 9.20. The average molecular weight is 394 g/mol. The Balaban J connectivity index is 1.64. The van der Waals surface area contributed by atoms with Crippen molar-refractivity contribution >= 4 is 23.2 Å². The lowest BCUT2D eigenvalue weighted by molar-refractivity contribution is -0.124. The number of nitrogens with zero attached hydrogens (tertiary/aromatic N) is 1. The van der Waals surface area contributed by atoms with Crippen LogP contribution in [0.1, 0.15) is 32.4 Å². The van der Waals surface area contributed by atoms with Gasteiger partial charge in [-0.1, -0.05) is 18.2 Å². The normalized spacial score (nSPS) is 11.3. The molecule has 1 aromatic heterocycles. The van der Waals surface area contributed by atoms with Crippen LogP contribution in [-0.2, 0) is 9.53 Å². The minimum atomic E-state index is -0.658. The summed E-state index contributed by atoms with van der Waals surface area (Å²) in [4.78, 5) is 25.2. The van der Waals surface area contributed by atoms with E-state index in [1.165, 1.54) is 47.7 Å². The molecule has 3 rings (SSSR count). The van der Waals surface area contributed by atoms with E-state index in [1.54, 1.807) is 12.1 Å². The van der Waals surface area contributed by atoms with Crippen LogP contribution in [0.5, 0.6) is 0 Å². The van der Waals surface area contributed by atoms with Crippen LogP contribution in [0.3, 0.4) is 0 Å². The molecular weight excluding hydrogens is 379 g/mol. The van der Waals surface area contributed by atoms with Crippen LogP contribution in [0.15, 0.2) is 66.0 Å². The lowest BCUT2D eigenvalue weighted by Crippen LogP contribution is -2.32. The minimum absolute atomic E-state index is 0.250. The van der Waals surface area contributed by atoms with Crippen molar-refractivity contribution in [2.75, 3.05) is 6.61 Å². The van der Waals surface area contributed by atoms with Gasteiger partial charge in [-0.3, -0.25) is 4.79 Å². The number of amides is 1. The molecule has 2 aromatic carbocycles. The van der Waals surface area contributed by atoms with Crippen molar-refractivity contribution in [2.45, 2.75) is 6.04 Å². The highest BCUT2D eigenvalue weighted by Crippen LogP contribution is 2.26. The van der Waals surface area contributed by atoms with Gasteiger partial charge in [0.2, 0.25) is 0 Å². The van der Waals surface area contributed by atoms with Crippen molar-refractivity contribution in [1.29, 1.82) is 5.26 Å². The second-order valence-electron chi connectivity index (χ2n) is 5.83. The molecule has 0 fully saturated rings. The van der Waals surface area contributed by atoms with Crippen LogP contribution < -0.4 is 5.32 Å². The SMILES string of the molecule is N#Cc1ccc(C(=O)OCC(=O)NC(c2ccc(F)cc2)c2cccs2)cc1. The van der Waals surface area contributed by atoms with Gasteiger partial charge in [0.1, 0.15) is 5.82 Å². The third kappa shape index (κ3) is 4.81. The van der Waals surface area contributed by atoms with Gasteiger partial charge in [0, 0.05) is 4.88 Å². The van der Waals surface area contributed by atoms with Crippen molar-refractivity contribution in [1.82, 2.24) is 5.32 Å². The van der Waals surface area contributed by atoms with Crippen LogP contribution in [0.4, 0.5) is 4.39 Å². The van der Waals surface area contributed by atoms with Crippen molar-refractivity contribution in [3.63, 3.8) is 0 Å². The topological polar surface area (TPSA) is 79.2 Å². The van der Waals surface area contributed by atoms with E-state index in [1.807, 2.05) is 23.6 Å². The van der Waals surface area contributed by atoms with Crippen LogP contribution in [-0.4, -0.2) is 18.5 Å². The summed E-state index contributed by atoms with van der Waals surface area (Å²) >= 11 is 1.45. The van der Waals surface area contributed by atoms with Crippen LogP contribution >= 0.6 is 11.3 Å². The number of hydrogen-bond donors (Lipinski definition) is 1. The number of rotatable bonds is 6. The van der Waals surface area contributed by atoms with E-state index in [9.17, 15) is 14.0 Å². The molecule has 1 atom stereocenters. The van der Waals surface area contributed by atoms with E-state index in [0.717, 1.165) is 10.4 Å². The van der Waals surface area contributed by atoms with Gasteiger partial charge >= 0.3 is 5.97 Å². The highest BCUT2D eigenvalue weighted by Gasteiger charge is 2.19. The number of carbonyl (C=O) groups excluding carboxylic acids is 2. The predicted molar refractivity (Wildman–Crippen MR) is 102 cm³/mol. The zero-order valence-corrected chi connectivity index (χ0v) is 15.4. The third-order valence-electron chi connectivity index (χ3n) is 3.92. The molecule has 1 amide bonds. The largest absolute Gasteiger partial charge is 0.452 e. The molecule has 1 N–H and O–H groups in total. The molecule has 0 spiro atoms. The fraction of sp³-hybridized carbons (Fsp3) is 0.0952. The molecule has 0 aliphatic heterocycles. The first-order valence-electron chi connectivity index (χ1n) is 8.32. The summed E-state index contributed by atoms with van der Waals surface area (Å²) in [5.74, 6) is -1.50. The summed E-state index contributed by atoms with van der Waals surface area (Å²) in [6.45, 7) is -0.456. The first kappa shape index (κ1) is 19.3. The molecule has 5 nitrogen and oxygen atoms in total. The number of hydrogen-bond acceptors (Lipinski definition) is 5. The lowest BCUT2D eigenvalue weighted by Gasteiger charge is -2.18. The van der Waals surface area contributed by atoms with E-state index in [0.29, 0.717) is 5.56 Å². The summed E-state index contributed by atoms with van der Waals surface area (Å²) in [5.41, 5.74) is 1.39. The molecule has 0 saturated carbocycles. The van der Waals surface area contributed by atoms with Gasteiger partial charge in [0.15, 0.2) is 6.61 Å². The van der Waals surface area contributed by atoms with Crippen LogP contribution in [0.25, 0.3) is 0 Å². The maximum absolute atomic E-state index is 13.2. The van der Waals surface area contributed by atoms with Crippen LogP contribution in [0.2, 0.25) is 0 Å². The Morgan fingerprint density at radius 1 is 1.11 bits per heavy atom. The molecule has 0 aliphatic rings. The van der Waals surface area contributed by atoms with Gasteiger partial charge in [-0.05, 0) is 53.4 Å². The lowest BCUT2D eigenvalue weighted by atomic mass is 10.1. The number of esters is 1.